The van der Waals surface area contributed by atoms with E-state index < -0.39 is 0 Å². The van der Waals surface area contributed by atoms with Gasteiger partial charge in [0, 0.05) is 15.6 Å². The number of thioether (sulfide) groups is 1. The minimum absolute atomic E-state index is 0.0368. The van der Waals surface area contributed by atoms with Crippen molar-refractivity contribution in [3.8, 4) is 5.69 Å². The number of hydrogen-bond acceptors (Lipinski definition) is 5. The Hall–Kier alpha value is -2.68. The summed E-state index contributed by atoms with van der Waals surface area (Å²) in [6.07, 6.45) is 1.86. The van der Waals surface area contributed by atoms with Crippen LogP contribution in [0.5, 0.6) is 0 Å². The van der Waals surface area contributed by atoms with Gasteiger partial charge < -0.3 is 5.32 Å². The van der Waals surface area contributed by atoms with Crippen LogP contribution in [0.15, 0.2) is 58.5 Å². The number of nitrogens with zero attached hydrogens (tertiary/aromatic N) is 2. The van der Waals surface area contributed by atoms with Gasteiger partial charge in [0.15, 0.2) is 5.16 Å². The second kappa shape index (κ2) is 10.1. The van der Waals surface area contributed by atoms with Crippen LogP contribution in [0.1, 0.15) is 23.8 Å². The lowest BCUT2D eigenvalue weighted by atomic mass is 10.1. The molecule has 5 nitrogen and oxygen atoms in total. The molecule has 170 valence electrons. The van der Waals surface area contributed by atoms with Crippen molar-refractivity contribution in [3.05, 3.63) is 80.2 Å². The molecule has 1 amide bonds. The van der Waals surface area contributed by atoms with E-state index in [1.807, 2.05) is 6.92 Å². The maximum atomic E-state index is 13.6. The van der Waals surface area contributed by atoms with Gasteiger partial charge in [-0.25, -0.2) is 9.37 Å². The fourth-order valence-electron chi connectivity index (χ4n) is 3.45. The van der Waals surface area contributed by atoms with E-state index >= 15 is 0 Å². The first kappa shape index (κ1) is 23.5. The standard InChI is InChI=1S/C24H21ClFN3O2S2/c1-3-4-19-14(2)21-22(33-19)28-24(29(23(21)31)18-11-5-15(25)6-12-18)32-13-20(30)27-17-9-7-16(26)8-10-17/h5-12H,3-4,13H2,1-2H3,(H,27,30). The molecule has 0 aliphatic rings. The molecule has 0 saturated carbocycles. The molecule has 0 aliphatic heterocycles. The Labute approximate surface area is 203 Å². The number of hydrogen-bond donors (Lipinski definition) is 1. The van der Waals surface area contributed by atoms with Crippen molar-refractivity contribution in [2.75, 3.05) is 11.1 Å². The van der Waals surface area contributed by atoms with E-state index in [2.05, 4.69) is 12.2 Å². The van der Waals surface area contributed by atoms with E-state index in [4.69, 9.17) is 16.6 Å². The summed E-state index contributed by atoms with van der Waals surface area (Å²) in [4.78, 5) is 32.7. The first-order valence-electron chi connectivity index (χ1n) is 10.4. The van der Waals surface area contributed by atoms with Crippen molar-refractivity contribution in [1.29, 1.82) is 0 Å². The molecule has 0 fully saturated rings. The lowest BCUT2D eigenvalue weighted by Gasteiger charge is -2.12. The molecule has 0 unspecified atom stereocenters. The molecule has 2 aromatic carbocycles. The van der Waals surface area contributed by atoms with Crippen molar-refractivity contribution in [2.45, 2.75) is 31.8 Å². The highest BCUT2D eigenvalue weighted by Crippen LogP contribution is 2.31. The van der Waals surface area contributed by atoms with Crippen LogP contribution >= 0.6 is 34.7 Å². The van der Waals surface area contributed by atoms with Gasteiger partial charge in [0.05, 0.1) is 16.8 Å². The van der Waals surface area contributed by atoms with Crippen molar-refractivity contribution >= 4 is 56.5 Å². The molecule has 4 rings (SSSR count). The van der Waals surface area contributed by atoms with Crippen LogP contribution in [0.25, 0.3) is 15.9 Å². The third-order valence-electron chi connectivity index (χ3n) is 5.05. The maximum Gasteiger partial charge on any atom is 0.267 e. The summed E-state index contributed by atoms with van der Waals surface area (Å²) in [6.45, 7) is 4.06. The first-order valence-corrected chi connectivity index (χ1v) is 12.5. The Morgan fingerprint density at radius 1 is 1.18 bits per heavy atom. The van der Waals surface area contributed by atoms with Gasteiger partial charge in [-0.15, -0.1) is 11.3 Å². The summed E-state index contributed by atoms with van der Waals surface area (Å²) in [5.74, 6) is -0.618. The number of aryl methyl sites for hydroxylation is 2. The summed E-state index contributed by atoms with van der Waals surface area (Å²) in [5.41, 5.74) is 1.92. The van der Waals surface area contributed by atoms with E-state index in [-0.39, 0.29) is 23.0 Å². The van der Waals surface area contributed by atoms with Gasteiger partial charge in [-0.3, -0.25) is 14.2 Å². The average molecular weight is 502 g/mol. The second-order valence-corrected chi connectivity index (χ2v) is 9.90. The van der Waals surface area contributed by atoms with Gasteiger partial charge >= 0.3 is 0 Å². The highest BCUT2D eigenvalue weighted by atomic mass is 35.5. The topological polar surface area (TPSA) is 64.0 Å². The van der Waals surface area contributed by atoms with Crippen LogP contribution in [0.4, 0.5) is 10.1 Å². The maximum absolute atomic E-state index is 13.6. The summed E-state index contributed by atoms with van der Waals surface area (Å²) in [6, 6.07) is 12.5. The number of benzene rings is 2. The number of fused-ring (bicyclic) bond motifs is 1. The first-order chi connectivity index (χ1) is 15.9. The lowest BCUT2D eigenvalue weighted by molar-refractivity contribution is -0.113. The van der Waals surface area contributed by atoms with E-state index in [0.29, 0.717) is 31.8 Å². The SMILES string of the molecule is CCCc1sc2nc(SCC(=O)Nc3ccc(F)cc3)n(-c3ccc(Cl)cc3)c(=O)c2c1C. The highest BCUT2D eigenvalue weighted by Gasteiger charge is 2.20. The molecule has 0 bridgehead atoms. The molecule has 4 aromatic rings. The number of aromatic nitrogens is 2. The second-order valence-electron chi connectivity index (χ2n) is 7.44. The van der Waals surface area contributed by atoms with Crippen LogP contribution < -0.4 is 10.9 Å². The minimum Gasteiger partial charge on any atom is -0.325 e. The fourth-order valence-corrected chi connectivity index (χ4v) is 5.71. The monoisotopic (exact) mass is 501 g/mol. The normalized spacial score (nSPS) is 11.2. The number of halogens is 2. The van der Waals surface area contributed by atoms with Crippen LogP contribution in [-0.4, -0.2) is 21.2 Å². The number of thiophene rings is 1. The van der Waals surface area contributed by atoms with E-state index in [0.717, 1.165) is 23.3 Å². The van der Waals surface area contributed by atoms with Crippen LogP contribution in [-0.2, 0) is 11.2 Å². The molecular weight excluding hydrogens is 481 g/mol. The number of amides is 1. The Kier molecular flexibility index (Phi) is 7.17. The smallest absolute Gasteiger partial charge is 0.267 e. The number of nitrogens with one attached hydrogen (secondary N) is 1. The molecule has 0 saturated heterocycles. The molecule has 2 aromatic heterocycles. The summed E-state index contributed by atoms with van der Waals surface area (Å²) in [7, 11) is 0. The zero-order chi connectivity index (χ0) is 23.5. The summed E-state index contributed by atoms with van der Waals surface area (Å²) >= 11 is 8.74. The Morgan fingerprint density at radius 2 is 1.88 bits per heavy atom. The largest absolute Gasteiger partial charge is 0.325 e. The van der Waals surface area contributed by atoms with E-state index in [1.54, 1.807) is 24.3 Å². The van der Waals surface area contributed by atoms with E-state index in [1.165, 1.54) is 51.9 Å². The van der Waals surface area contributed by atoms with Gasteiger partial charge in [0.1, 0.15) is 10.6 Å². The van der Waals surface area contributed by atoms with Crippen molar-refractivity contribution in [1.82, 2.24) is 9.55 Å². The Bertz CT molecular complexity index is 1370. The quantitative estimate of drug-likeness (QED) is 0.241. The molecule has 2 heterocycles. The third-order valence-corrected chi connectivity index (χ3v) is 7.49. The molecular formula is C24H21ClFN3O2S2. The van der Waals surface area contributed by atoms with Crippen molar-refractivity contribution < 1.29 is 9.18 Å². The van der Waals surface area contributed by atoms with E-state index in [9.17, 15) is 14.0 Å². The number of anilines is 1. The molecule has 1 N–H and O–H groups in total. The van der Waals surface area contributed by atoms with Gasteiger partial charge in [-0.2, -0.15) is 0 Å². The Balaban J connectivity index is 1.71. The molecule has 9 heteroatoms. The predicted molar refractivity (Wildman–Crippen MR) is 135 cm³/mol. The van der Waals surface area contributed by atoms with Crippen LogP contribution in [0.3, 0.4) is 0 Å². The molecule has 0 radical (unpaired) electrons. The third kappa shape index (κ3) is 5.13. The van der Waals surface area contributed by atoms with Gasteiger partial charge in [-0.1, -0.05) is 36.7 Å². The van der Waals surface area contributed by atoms with Gasteiger partial charge in [-0.05, 0) is 67.4 Å². The molecule has 0 aliphatic carbocycles. The van der Waals surface area contributed by atoms with Crippen LogP contribution in [0, 0.1) is 12.7 Å². The zero-order valence-electron chi connectivity index (χ0n) is 18.0. The number of carbonyl (C=O) groups excluding carboxylic acids is 1. The summed E-state index contributed by atoms with van der Waals surface area (Å²) < 4.78 is 14.6. The lowest BCUT2D eigenvalue weighted by Crippen LogP contribution is -2.22. The number of rotatable bonds is 7. The highest BCUT2D eigenvalue weighted by molar-refractivity contribution is 7.99. The minimum atomic E-state index is -0.374. The van der Waals surface area contributed by atoms with Crippen molar-refractivity contribution in [3.63, 3.8) is 0 Å². The Morgan fingerprint density at radius 3 is 2.55 bits per heavy atom. The zero-order valence-corrected chi connectivity index (χ0v) is 20.4. The molecule has 33 heavy (non-hydrogen) atoms. The average Bonchev–Trinajstić information content (AvgIpc) is 3.10. The van der Waals surface area contributed by atoms with Gasteiger partial charge in [0.25, 0.3) is 5.56 Å². The predicted octanol–water partition coefficient (Wildman–Crippen LogP) is 6.23. The summed E-state index contributed by atoms with van der Waals surface area (Å²) in [5, 5.41) is 4.33. The van der Waals surface area contributed by atoms with Crippen LogP contribution in [0.2, 0.25) is 5.02 Å². The van der Waals surface area contributed by atoms with Crippen molar-refractivity contribution in [2.24, 2.45) is 0 Å². The molecule has 0 atom stereocenters. The van der Waals surface area contributed by atoms with Gasteiger partial charge in [0.2, 0.25) is 5.91 Å². The number of carbonyl (C=O) groups is 1. The fraction of sp³-hybridized carbons (Fsp3) is 0.208. The molecule has 0 spiro atoms.